The van der Waals surface area contributed by atoms with Gasteiger partial charge < -0.3 is 30.8 Å². The van der Waals surface area contributed by atoms with E-state index in [9.17, 15) is 29.4 Å². The van der Waals surface area contributed by atoms with Crippen LogP contribution in [0.1, 0.15) is 32.5 Å². The van der Waals surface area contributed by atoms with Gasteiger partial charge in [-0.05, 0) is 26.3 Å². The highest BCUT2D eigenvalue weighted by Gasteiger charge is 2.66. The van der Waals surface area contributed by atoms with E-state index in [1.54, 1.807) is 20.8 Å². The first-order valence-electron chi connectivity index (χ1n) is 12.0. The third kappa shape index (κ3) is 5.48. The summed E-state index contributed by atoms with van der Waals surface area (Å²) in [4.78, 5) is 61.6. The molecular weight excluding hydrogens is 600 g/mol. The number of anilines is 1. The highest BCUT2D eigenvalue weighted by atomic mass is 32.2. The Morgan fingerprint density at radius 3 is 2.68 bits per heavy atom. The molecule has 2 amide bonds. The zero-order valence-electron chi connectivity index (χ0n) is 22.2. The molecule has 2 aromatic heterocycles. The van der Waals surface area contributed by atoms with Gasteiger partial charge in [0.25, 0.3) is 23.4 Å². The van der Waals surface area contributed by atoms with Crippen molar-refractivity contribution >= 4 is 63.5 Å². The average Bonchev–Trinajstić information content (AvgIpc) is 3.36. The summed E-state index contributed by atoms with van der Waals surface area (Å²) in [6.07, 6.45) is 0. The number of aromatic nitrogens is 4. The zero-order valence-corrected chi connectivity index (χ0v) is 24.6. The van der Waals surface area contributed by atoms with Crippen LogP contribution in [0.4, 0.5) is 5.13 Å². The van der Waals surface area contributed by atoms with E-state index >= 15 is 0 Å². The molecule has 19 heteroatoms. The molecule has 1 unspecified atom stereocenters. The maximum atomic E-state index is 13.5. The molecule has 220 valence electrons. The van der Waals surface area contributed by atoms with Crippen molar-refractivity contribution in [1.82, 2.24) is 30.0 Å². The van der Waals surface area contributed by atoms with E-state index in [1.807, 2.05) is 0 Å². The van der Waals surface area contributed by atoms with E-state index in [4.69, 9.17) is 15.3 Å². The number of fused-ring (bicyclic) bond motifs is 1. The summed E-state index contributed by atoms with van der Waals surface area (Å²) in [5, 5.41) is 34.4. The van der Waals surface area contributed by atoms with Gasteiger partial charge in [-0.3, -0.25) is 23.9 Å². The number of carbonyl (C=O) groups excluding carboxylic acids is 2. The predicted octanol–water partition coefficient (Wildman–Crippen LogP) is 0.209. The van der Waals surface area contributed by atoms with E-state index in [0.717, 1.165) is 28.0 Å². The predicted molar refractivity (Wildman–Crippen MR) is 149 cm³/mol. The molecule has 0 saturated carbocycles. The van der Waals surface area contributed by atoms with Crippen molar-refractivity contribution in [2.75, 3.05) is 31.0 Å². The Kier molecular flexibility index (Phi) is 8.90. The average molecular weight is 627 g/mol. The van der Waals surface area contributed by atoms with Crippen LogP contribution in [-0.2, 0) is 24.0 Å². The number of carbonyl (C=O) groups is 3. The largest absolute Gasteiger partial charge is 0.488 e. The fourth-order valence-corrected chi connectivity index (χ4v) is 7.28. The van der Waals surface area contributed by atoms with Crippen molar-refractivity contribution < 1.29 is 34.2 Å². The van der Waals surface area contributed by atoms with Crippen molar-refractivity contribution in [3.63, 3.8) is 0 Å². The Balaban J connectivity index is 1.60. The standard InChI is InChI=1S/C22H26N8O8S3/c1-5-38-28-12(11-8-40-20(23)24-11)14(31)25-22(37-4)18(36)30-13(17(34)35)10(6-39-19(22)30)7-41-21-27-26-15(32)16(33)29(21)9(2)3/h8-9,19H,5-7H2,1-4H3,(H2,23,24)(H,25,31)(H,26,32)(H,34,35)/t19-,22?/m0/s1. The van der Waals surface area contributed by atoms with Crippen molar-refractivity contribution in [1.29, 1.82) is 0 Å². The highest BCUT2D eigenvalue weighted by molar-refractivity contribution is 8.01. The molecule has 5 N–H and O–H groups in total. The number of nitrogens with one attached hydrogen (secondary N) is 1. The number of oxime groups is 1. The molecule has 1 saturated heterocycles. The van der Waals surface area contributed by atoms with Crippen molar-refractivity contribution in [3.8, 4) is 5.88 Å². The molecule has 2 aliphatic heterocycles. The van der Waals surface area contributed by atoms with Gasteiger partial charge in [-0.2, -0.15) is 0 Å². The normalized spacial score (nSPS) is 20.6. The van der Waals surface area contributed by atoms with Crippen LogP contribution in [0.25, 0.3) is 0 Å². The number of carboxylic acids is 1. The zero-order chi connectivity index (χ0) is 30.1. The number of amides is 2. The number of nitrogens with zero attached hydrogens (tertiary/aromatic N) is 6. The van der Waals surface area contributed by atoms with Gasteiger partial charge in [-0.15, -0.1) is 33.3 Å². The minimum absolute atomic E-state index is 0.0551. The second-order valence-corrected chi connectivity index (χ2v) is 11.7. The van der Waals surface area contributed by atoms with E-state index < -0.39 is 40.3 Å². The van der Waals surface area contributed by atoms with E-state index in [-0.39, 0.29) is 51.5 Å². The van der Waals surface area contributed by atoms with Gasteiger partial charge in [0.1, 0.15) is 23.4 Å². The third-order valence-electron chi connectivity index (χ3n) is 5.94. The second-order valence-electron chi connectivity index (χ2n) is 8.78. The third-order valence-corrected chi connectivity index (χ3v) is 9.01. The van der Waals surface area contributed by atoms with Crippen molar-refractivity contribution in [2.24, 2.45) is 5.16 Å². The molecule has 0 radical (unpaired) electrons. The maximum Gasteiger partial charge on any atom is 0.352 e. The monoisotopic (exact) mass is 626 g/mol. The Morgan fingerprint density at radius 1 is 1.37 bits per heavy atom. The number of hydrogen-bond donors (Lipinski definition) is 4. The molecule has 16 nitrogen and oxygen atoms in total. The molecule has 0 aliphatic carbocycles. The van der Waals surface area contributed by atoms with Crippen LogP contribution >= 0.6 is 34.9 Å². The number of thiazole rings is 1. The quantitative estimate of drug-likeness (QED) is 0.0860. The number of β-lactam (4-membered cyclic amide) rings is 1. The van der Waals surface area contributed by atoms with Crippen LogP contribution in [0.15, 0.2) is 31.8 Å². The number of hydrogen-bond acceptors (Lipinski definition) is 15. The van der Waals surface area contributed by atoms with Crippen LogP contribution < -0.4 is 16.6 Å². The number of aromatic hydroxyl groups is 1. The van der Waals surface area contributed by atoms with Gasteiger partial charge in [0.15, 0.2) is 16.0 Å². The van der Waals surface area contributed by atoms with Crippen molar-refractivity contribution in [2.45, 2.75) is 43.1 Å². The lowest BCUT2D eigenvalue weighted by Crippen LogP contribution is -2.81. The number of nitrogens with two attached hydrogens (primary N) is 1. The Bertz CT molecular complexity index is 1510. The number of methoxy groups -OCH3 is 1. The van der Waals surface area contributed by atoms with Crippen molar-refractivity contribution in [3.05, 3.63) is 32.7 Å². The minimum atomic E-state index is -1.89. The highest BCUT2D eigenvalue weighted by Crippen LogP contribution is 2.47. The lowest BCUT2D eigenvalue weighted by Gasteiger charge is -2.55. The molecule has 4 heterocycles. The Morgan fingerprint density at radius 2 is 2.10 bits per heavy atom. The molecule has 2 aliphatic rings. The lowest BCUT2D eigenvalue weighted by molar-refractivity contribution is -0.191. The van der Waals surface area contributed by atoms with Gasteiger partial charge >= 0.3 is 11.5 Å². The van der Waals surface area contributed by atoms with Gasteiger partial charge in [0.05, 0.1) is 0 Å². The second kappa shape index (κ2) is 12.0. The molecule has 4 rings (SSSR count). The van der Waals surface area contributed by atoms with Gasteiger partial charge in [0, 0.05) is 30.0 Å². The molecular formula is C22H26N8O8S3. The molecule has 0 aromatic carbocycles. The topological polar surface area (TPSA) is 224 Å². The molecule has 2 atom stereocenters. The molecule has 1 fully saturated rings. The molecule has 0 bridgehead atoms. The first-order valence-corrected chi connectivity index (χ1v) is 14.9. The maximum absolute atomic E-state index is 13.5. The van der Waals surface area contributed by atoms with Crippen LogP contribution in [-0.4, -0.2) is 94.7 Å². The number of aliphatic carboxylic acids is 1. The van der Waals surface area contributed by atoms with E-state index in [2.05, 4.69) is 25.7 Å². The number of nitrogen functional groups attached to an aromatic ring is 1. The molecule has 41 heavy (non-hydrogen) atoms. The summed E-state index contributed by atoms with van der Waals surface area (Å²) in [5.41, 5.74) is 3.08. The smallest absolute Gasteiger partial charge is 0.352 e. The number of rotatable bonds is 11. The summed E-state index contributed by atoms with van der Waals surface area (Å²) in [5.74, 6) is -3.53. The first kappa shape index (κ1) is 30.3. The van der Waals surface area contributed by atoms with Crippen LogP contribution in [0.3, 0.4) is 0 Å². The van der Waals surface area contributed by atoms with E-state index in [1.165, 1.54) is 28.8 Å². The minimum Gasteiger partial charge on any atom is -0.488 e. The molecule has 0 spiro atoms. The lowest BCUT2D eigenvalue weighted by atomic mass is 9.98. The number of ether oxygens (including phenoxy) is 1. The summed E-state index contributed by atoms with van der Waals surface area (Å²) < 4.78 is 6.74. The number of carboxylic acid groups (broad SMARTS) is 1. The van der Waals surface area contributed by atoms with Gasteiger partial charge in [0.2, 0.25) is 0 Å². The summed E-state index contributed by atoms with van der Waals surface area (Å²) in [6.45, 7) is 5.28. The summed E-state index contributed by atoms with van der Waals surface area (Å²) in [6, 6.07) is -0.357. The SMILES string of the molecule is CCON=C(C(=O)NC1(OC)C(=O)N2C(C(=O)O)=C(CSc3nnc(O)c(=O)n3C(C)C)CS[C@H]21)c1csc(N)n1. The van der Waals surface area contributed by atoms with Crippen LogP contribution in [0, 0.1) is 0 Å². The van der Waals surface area contributed by atoms with Gasteiger partial charge in [-0.1, -0.05) is 16.9 Å². The fraction of sp³-hybridized carbons (Fsp3) is 0.455. The number of thioether (sulfide) groups is 2. The Labute approximate surface area is 245 Å². The molecule has 2 aromatic rings. The fourth-order valence-electron chi connectivity index (χ4n) is 4.09. The van der Waals surface area contributed by atoms with Crippen LogP contribution in [0.5, 0.6) is 5.88 Å². The van der Waals surface area contributed by atoms with E-state index in [0.29, 0.717) is 5.57 Å². The summed E-state index contributed by atoms with van der Waals surface area (Å²) in [7, 11) is 1.22. The van der Waals surface area contributed by atoms with Gasteiger partial charge in [-0.25, -0.2) is 9.78 Å². The first-order chi connectivity index (χ1) is 19.5. The van der Waals surface area contributed by atoms with Crippen LogP contribution in [0.2, 0.25) is 0 Å². The summed E-state index contributed by atoms with van der Waals surface area (Å²) >= 11 is 3.31. The Hall–Kier alpha value is -3.68.